The van der Waals surface area contributed by atoms with Crippen LogP contribution in [0.1, 0.15) is 21.7 Å². The smallest absolute Gasteiger partial charge is 0.271 e. The first-order chi connectivity index (χ1) is 12.9. The van der Waals surface area contributed by atoms with Gasteiger partial charge in [0, 0.05) is 23.3 Å². The van der Waals surface area contributed by atoms with E-state index in [9.17, 15) is 14.9 Å². The van der Waals surface area contributed by atoms with Gasteiger partial charge in [0.2, 0.25) is 0 Å². The lowest BCUT2D eigenvalue weighted by molar-refractivity contribution is -0.384. The monoisotopic (exact) mass is 383 g/mol. The summed E-state index contributed by atoms with van der Waals surface area (Å²) in [5.74, 6) is 0.371. The Balaban J connectivity index is 1.73. The summed E-state index contributed by atoms with van der Waals surface area (Å²) in [7, 11) is 0. The molecule has 0 aliphatic carbocycles. The first-order valence-corrected chi connectivity index (χ1v) is 8.26. The minimum absolute atomic E-state index is 0.0913. The van der Waals surface area contributed by atoms with E-state index < -0.39 is 4.92 Å². The molecule has 0 aliphatic heterocycles. The highest BCUT2D eigenvalue weighted by Crippen LogP contribution is 2.32. The van der Waals surface area contributed by atoms with Gasteiger partial charge in [-0.05, 0) is 37.3 Å². The second kappa shape index (κ2) is 7.84. The third kappa shape index (κ3) is 4.39. The number of nitrogens with zero attached hydrogens (tertiary/aromatic N) is 2. The third-order valence-corrected chi connectivity index (χ3v) is 4.02. The molecule has 8 heteroatoms. The SMILES string of the molecule is Cc1cccc(C(=O)N/N=C/c2ccc(-c3cc([N+](=O)[O-])ccc3Cl)o2)c1. The molecule has 1 heterocycles. The van der Waals surface area contributed by atoms with E-state index >= 15 is 0 Å². The maximum Gasteiger partial charge on any atom is 0.271 e. The van der Waals surface area contributed by atoms with Crippen molar-refractivity contribution in [3.8, 4) is 11.3 Å². The number of benzene rings is 2. The summed E-state index contributed by atoms with van der Waals surface area (Å²) in [6.45, 7) is 1.89. The molecular formula is C19H14ClN3O4. The fourth-order valence-electron chi connectivity index (χ4n) is 2.39. The lowest BCUT2D eigenvalue weighted by Crippen LogP contribution is -2.17. The van der Waals surface area contributed by atoms with Crippen LogP contribution >= 0.6 is 11.6 Å². The zero-order valence-electron chi connectivity index (χ0n) is 14.2. The van der Waals surface area contributed by atoms with E-state index in [-0.39, 0.29) is 11.6 Å². The number of nitro groups is 1. The lowest BCUT2D eigenvalue weighted by atomic mass is 10.1. The summed E-state index contributed by atoms with van der Waals surface area (Å²) in [6.07, 6.45) is 1.34. The van der Waals surface area contributed by atoms with Crippen LogP contribution in [-0.4, -0.2) is 17.0 Å². The number of rotatable bonds is 5. The highest BCUT2D eigenvalue weighted by Gasteiger charge is 2.14. The summed E-state index contributed by atoms with van der Waals surface area (Å²) in [4.78, 5) is 22.4. The van der Waals surface area contributed by atoms with Crippen molar-refractivity contribution in [2.24, 2.45) is 5.10 Å². The van der Waals surface area contributed by atoms with Crippen LogP contribution in [0.5, 0.6) is 0 Å². The van der Waals surface area contributed by atoms with Crippen LogP contribution in [0.2, 0.25) is 5.02 Å². The van der Waals surface area contributed by atoms with Gasteiger partial charge < -0.3 is 4.42 Å². The van der Waals surface area contributed by atoms with Crippen molar-refractivity contribution in [2.45, 2.75) is 6.92 Å². The first kappa shape index (κ1) is 18.3. The Morgan fingerprint density at radius 1 is 1.22 bits per heavy atom. The molecule has 27 heavy (non-hydrogen) atoms. The van der Waals surface area contributed by atoms with Gasteiger partial charge in [-0.1, -0.05) is 29.3 Å². The van der Waals surface area contributed by atoms with Crippen molar-refractivity contribution in [1.29, 1.82) is 0 Å². The Morgan fingerprint density at radius 2 is 2.04 bits per heavy atom. The highest BCUT2D eigenvalue weighted by molar-refractivity contribution is 6.33. The highest BCUT2D eigenvalue weighted by atomic mass is 35.5. The van der Waals surface area contributed by atoms with Crippen LogP contribution in [0.4, 0.5) is 5.69 Å². The quantitative estimate of drug-likeness (QED) is 0.396. The molecule has 0 aliphatic rings. The Labute approximate surface area is 159 Å². The lowest BCUT2D eigenvalue weighted by Gasteiger charge is -2.01. The molecule has 0 fully saturated rings. The molecule has 0 unspecified atom stereocenters. The molecule has 3 rings (SSSR count). The molecule has 0 atom stereocenters. The molecule has 1 amide bonds. The number of carbonyl (C=O) groups is 1. The van der Waals surface area contributed by atoms with E-state index in [0.29, 0.717) is 27.7 Å². The minimum Gasteiger partial charge on any atom is -0.455 e. The zero-order chi connectivity index (χ0) is 19.4. The summed E-state index contributed by atoms with van der Waals surface area (Å²) in [5, 5.41) is 15.1. The number of hydrogen-bond acceptors (Lipinski definition) is 5. The number of hydrogen-bond donors (Lipinski definition) is 1. The maximum atomic E-state index is 12.0. The van der Waals surface area contributed by atoms with Crippen LogP contribution in [0.25, 0.3) is 11.3 Å². The van der Waals surface area contributed by atoms with E-state index in [2.05, 4.69) is 10.5 Å². The second-order valence-electron chi connectivity index (χ2n) is 5.69. The van der Waals surface area contributed by atoms with Crippen molar-refractivity contribution < 1.29 is 14.1 Å². The van der Waals surface area contributed by atoms with Gasteiger partial charge in [-0.25, -0.2) is 5.43 Å². The third-order valence-electron chi connectivity index (χ3n) is 3.69. The first-order valence-electron chi connectivity index (χ1n) is 7.88. The zero-order valence-corrected chi connectivity index (χ0v) is 14.9. The molecule has 0 spiro atoms. The molecule has 136 valence electrons. The minimum atomic E-state index is -0.508. The standard InChI is InChI=1S/C19H14ClN3O4/c1-12-3-2-4-13(9-12)19(24)22-21-11-15-6-8-18(27-15)16-10-14(23(25)26)5-7-17(16)20/h2-11H,1H3,(H,22,24)/b21-11+. The Kier molecular flexibility index (Phi) is 5.33. The Morgan fingerprint density at radius 3 is 2.78 bits per heavy atom. The molecule has 3 aromatic rings. The molecule has 1 aromatic heterocycles. The number of hydrazone groups is 1. The number of amides is 1. The van der Waals surface area contributed by atoms with Gasteiger partial charge in [0.25, 0.3) is 11.6 Å². The Bertz CT molecular complexity index is 1040. The van der Waals surface area contributed by atoms with Crippen LogP contribution in [0, 0.1) is 17.0 Å². The number of non-ortho nitro benzene ring substituents is 1. The van der Waals surface area contributed by atoms with Gasteiger partial charge in [0.1, 0.15) is 11.5 Å². The predicted octanol–water partition coefficient (Wildman–Crippen LogP) is 4.58. The number of furan rings is 1. The normalized spacial score (nSPS) is 10.9. The van der Waals surface area contributed by atoms with Crippen LogP contribution in [0.3, 0.4) is 0 Å². The van der Waals surface area contributed by atoms with Crippen LogP contribution in [0.15, 0.2) is 64.1 Å². The van der Waals surface area contributed by atoms with Crippen LogP contribution < -0.4 is 5.43 Å². The molecule has 1 N–H and O–H groups in total. The van der Waals surface area contributed by atoms with Gasteiger partial charge in [-0.3, -0.25) is 14.9 Å². The number of carbonyl (C=O) groups excluding carboxylic acids is 1. The van der Waals surface area contributed by atoms with Gasteiger partial charge in [0.05, 0.1) is 16.2 Å². The largest absolute Gasteiger partial charge is 0.455 e. The van der Waals surface area contributed by atoms with E-state index in [1.54, 1.807) is 30.3 Å². The summed E-state index contributed by atoms with van der Waals surface area (Å²) in [6, 6.07) is 14.4. The topological polar surface area (TPSA) is 97.7 Å². The van der Waals surface area contributed by atoms with E-state index in [4.69, 9.17) is 16.0 Å². The summed E-state index contributed by atoms with van der Waals surface area (Å²) >= 11 is 6.10. The van der Waals surface area contributed by atoms with Gasteiger partial charge >= 0.3 is 0 Å². The molecule has 2 aromatic carbocycles. The second-order valence-corrected chi connectivity index (χ2v) is 6.10. The van der Waals surface area contributed by atoms with Crippen LogP contribution in [-0.2, 0) is 0 Å². The van der Waals surface area contributed by atoms with Gasteiger partial charge in [-0.15, -0.1) is 0 Å². The number of halogens is 1. The summed E-state index contributed by atoms with van der Waals surface area (Å²) in [5.41, 5.74) is 4.19. The van der Waals surface area contributed by atoms with Gasteiger partial charge in [0.15, 0.2) is 0 Å². The molecule has 0 saturated heterocycles. The maximum absolute atomic E-state index is 12.0. The molecular weight excluding hydrogens is 370 g/mol. The molecule has 0 bridgehead atoms. The Hall–Kier alpha value is -3.45. The molecule has 0 radical (unpaired) electrons. The number of nitro benzene ring substituents is 1. The van der Waals surface area contributed by atoms with Crippen molar-refractivity contribution in [1.82, 2.24) is 5.43 Å². The molecule has 7 nitrogen and oxygen atoms in total. The number of aryl methyl sites for hydroxylation is 1. The summed E-state index contributed by atoms with van der Waals surface area (Å²) < 4.78 is 5.58. The average Bonchev–Trinajstić information content (AvgIpc) is 3.10. The van der Waals surface area contributed by atoms with Crippen molar-refractivity contribution in [3.05, 3.63) is 86.6 Å². The van der Waals surface area contributed by atoms with E-state index in [1.165, 1.54) is 24.4 Å². The van der Waals surface area contributed by atoms with Crippen molar-refractivity contribution in [2.75, 3.05) is 0 Å². The number of nitrogens with one attached hydrogen (secondary N) is 1. The average molecular weight is 384 g/mol. The van der Waals surface area contributed by atoms with Crippen molar-refractivity contribution >= 4 is 29.4 Å². The predicted molar refractivity (Wildman–Crippen MR) is 102 cm³/mol. The van der Waals surface area contributed by atoms with Gasteiger partial charge in [-0.2, -0.15) is 5.10 Å². The van der Waals surface area contributed by atoms with E-state index in [1.807, 2.05) is 13.0 Å². The van der Waals surface area contributed by atoms with E-state index in [0.717, 1.165) is 5.56 Å². The fourth-order valence-corrected chi connectivity index (χ4v) is 2.60. The fraction of sp³-hybridized carbons (Fsp3) is 0.0526. The molecule has 0 saturated carbocycles. The van der Waals surface area contributed by atoms with Crippen molar-refractivity contribution in [3.63, 3.8) is 0 Å².